The smallest absolute Gasteiger partial charge is 0.223 e. The lowest BCUT2D eigenvalue weighted by atomic mass is 10.2. The van der Waals surface area contributed by atoms with Crippen LogP contribution < -0.4 is 5.32 Å². The summed E-state index contributed by atoms with van der Waals surface area (Å²) in [4.78, 5) is 14.7. The van der Waals surface area contributed by atoms with E-state index >= 15 is 0 Å². The fourth-order valence-corrected chi connectivity index (χ4v) is 3.54. The van der Waals surface area contributed by atoms with Crippen molar-refractivity contribution in [3.05, 3.63) is 60.1 Å². The summed E-state index contributed by atoms with van der Waals surface area (Å²) in [6.45, 7) is 4.00. The molecule has 3 atom stereocenters. The van der Waals surface area contributed by atoms with Gasteiger partial charge in [-0.05, 0) is 24.1 Å². The number of hydrogen-bond donors (Lipinski definition) is 1. The van der Waals surface area contributed by atoms with E-state index in [0.29, 0.717) is 13.2 Å². The molecular formula is C20H24N2O3. The number of furan rings is 1. The molecule has 5 heteroatoms. The van der Waals surface area contributed by atoms with Gasteiger partial charge in [0, 0.05) is 38.0 Å². The fourth-order valence-electron chi connectivity index (χ4n) is 3.54. The quantitative estimate of drug-likeness (QED) is 0.877. The van der Waals surface area contributed by atoms with Gasteiger partial charge in [0.2, 0.25) is 5.91 Å². The summed E-state index contributed by atoms with van der Waals surface area (Å²) in [5.74, 6) is 1.33. The summed E-state index contributed by atoms with van der Waals surface area (Å²) < 4.78 is 11.2. The van der Waals surface area contributed by atoms with E-state index in [-0.39, 0.29) is 23.8 Å². The Balaban J connectivity index is 1.22. The monoisotopic (exact) mass is 340 g/mol. The lowest BCUT2D eigenvalue weighted by Gasteiger charge is -2.33. The summed E-state index contributed by atoms with van der Waals surface area (Å²) in [5.41, 5.74) is 1.31. The van der Waals surface area contributed by atoms with E-state index in [0.717, 1.165) is 31.8 Å². The van der Waals surface area contributed by atoms with Gasteiger partial charge in [0.05, 0.1) is 19.0 Å². The van der Waals surface area contributed by atoms with E-state index < -0.39 is 0 Å². The first kappa shape index (κ1) is 16.4. The van der Waals surface area contributed by atoms with Crippen molar-refractivity contribution in [2.45, 2.75) is 25.0 Å². The van der Waals surface area contributed by atoms with Gasteiger partial charge in [-0.2, -0.15) is 0 Å². The number of carbonyl (C=O) groups is 1. The van der Waals surface area contributed by atoms with Gasteiger partial charge in [0.1, 0.15) is 5.76 Å². The second kappa shape index (κ2) is 7.42. The molecule has 1 amide bonds. The van der Waals surface area contributed by atoms with E-state index in [1.54, 1.807) is 6.26 Å². The first-order chi connectivity index (χ1) is 12.3. The Kier molecular flexibility index (Phi) is 4.85. The number of ether oxygens (including phenoxy) is 1. The van der Waals surface area contributed by atoms with Gasteiger partial charge in [-0.15, -0.1) is 0 Å². The molecule has 2 aromatic rings. The summed E-state index contributed by atoms with van der Waals surface area (Å²) >= 11 is 0. The Bertz CT molecular complexity index is 686. The van der Waals surface area contributed by atoms with Crippen LogP contribution in [0.5, 0.6) is 0 Å². The zero-order valence-corrected chi connectivity index (χ0v) is 14.3. The number of nitrogens with zero attached hydrogens (tertiary/aromatic N) is 1. The molecule has 0 radical (unpaired) electrons. The Morgan fingerprint density at radius 1 is 1.20 bits per heavy atom. The molecule has 1 saturated carbocycles. The number of nitrogens with one attached hydrogen (secondary N) is 1. The van der Waals surface area contributed by atoms with Crippen LogP contribution >= 0.6 is 0 Å². The third-order valence-corrected chi connectivity index (χ3v) is 5.01. The highest BCUT2D eigenvalue weighted by molar-refractivity contribution is 5.82. The van der Waals surface area contributed by atoms with Crippen molar-refractivity contribution in [1.82, 2.24) is 10.2 Å². The topological polar surface area (TPSA) is 54.7 Å². The van der Waals surface area contributed by atoms with Crippen molar-refractivity contribution >= 4 is 5.91 Å². The van der Waals surface area contributed by atoms with Crippen molar-refractivity contribution in [3.63, 3.8) is 0 Å². The summed E-state index contributed by atoms with van der Waals surface area (Å²) in [7, 11) is 0. The van der Waals surface area contributed by atoms with Crippen molar-refractivity contribution in [1.29, 1.82) is 0 Å². The lowest BCUT2D eigenvalue weighted by Crippen LogP contribution is -2.47. The highest BCUT2D eigenvalue weighted by Crippen LogP contribution is 2.47. The van der Waals surface area contributed by atoms with E-state index in [9.17, 15) is 4.79 Å². The summed E-state index contributed by atoms with van der Waals surface area (Å²) in [6.07, 6.45) is 2.60. The number of carbonyl (C=O) groups excluding carboxylic acids is 1. The van der Waals surface area contributed by atoms with Crippen LogP contribution in [-0.2, 0) is 16.1 Å². The van der Waals surface area contributed by atoms with Crippen LogP contribution in [0.1, 0.15) is 23.7 Å². The van der Waals surface area contributed by atoms with Crippen LogP contribution in [0.2, 0.25) is 0 Å². The average molecular weight is 340 g/mol. The minimum atomic E-state index is 0.0511. The molecule has 1 N–H and O–H groups in total. The van der Waals surface area contributed by atoms with Gasteiger partial charge in [0.15, 0.2) is 0 Å². The van der Waals surface area contributed by atoms with Crippen molar-refractivity contribution in [3.8, 4) is 0 Å². The van der Waals surface area contributed by atoms with Crippen LogP contribution in [0.25, 0.3) is 0 Å². The molecular weight excluding hydrogens is 316 g/mol. The second-order valence-corrected chi connectivity index (χ2v) is 6.92. The van der Waals surface area contributed by atoms with E-state index in [1.807, 2.05) is 18.2 Å². The molecule has 25 heavy (non-hydrogen) atoms. The molecule has 2 fully saturated rings. The van der Waals surface area contributed by atoms with Gasteiger partial charge in [0.25, 0.3) is 0 Å². The number of amides is 1. The maximum absolute atomic E-state index is 12.3. The number of morpholine rings is 1. The van der Waals surface area contributed by atoms with E-state index in [4.69, 9.17) is 9.15 Å². The highest BCUT2D eigenvalue weighted by Gasteiger charge is 2.45. The van der Waals surface area contributed by atoms with Crippen LogP contribution in [0.3, 0.4) is 0 Å². The molecule has 0 spiro atoms. The minimum absolute atomic E-state index is 0.0511. The van der Waals surface area contributed by atoms with Crippen LogP contribution in [0.15, 0.2) is 53.1 Å². The maximum atomic E-state index is 12.3. The third-order valence-electron chi connectivity index (χ3n) is 5.01. The Labute approximate surface area is 148 Å². The zero-order valence-electron chi connectivity index (χ0n) is 14.3. The predicted molar refractivity (Wildman–Crippen MR) is 94.0 cm³/mol. The molecule has 1 aliphatic heterocycles. The van der Waals surface area contributed by atoms with Gasteiger partial charge < -0.3 is 14.5 Å². The normalized spacial score (nSPS) is 26.3. The minimum Gasteiger partial charge on any atom is -0.469 e. The number of benzene rings is 1. The molecule has 1 saturated heterocycles. The lowest BCUT2D eigenvalue weighted by molar-refractivity contribution is -0.123. The fraction of sp³-hybridized carbons (Fsp3) is 0.450. The van der Waals surface area contributed by atoms with Crippen molar-refractivity contribution in [2.75, 3.05) is 26.2 Å². The Morgan fingerprint density at radius 3 is 2.88 bits per heavy atom. The molecule has 132 valence electrons. The van der Waals surface area contributed by atoms with Gasteiger partial charge in [-0.1, -0.05) is 30.3 Å². The maximum Gasteiger partial charge on any atom is 0.223 e. The Hall–Kier alpha value is -2.11. The van der Waals surface area contributed by atoms with E-state index in [1.165, 1.54) is 5.56 Å². The molecule has 1 aromatic carbocycles. The highest BCUT2D eigenvalue weighted by atomic mass is 16.5. The third kappa shape index (κ3) is 4.11. The average Bonchev–Trinajstić information content (AvgIpc) is 3.26. The molecule has 1 aliphatic carbocycles. The van der Waals surface area contributed by atoms with Gasteiger partial charge >= 0.3 is 0 Å². The summed E-state index contributed by atoms with van der Waals surface area (Å²) in [5, 5.41) is 3.06. The van der Waals surface area contributed by atoms with E-state index in [2.05, 4.69) is 34.5 Å². The second-order valence-electron chi connectivity index (χ2n) is 6.92. The Morgan fingerprint density at radius 2 is 2.08 bits per heavy atom. The molecule has 4 rings (SSSR count). The SMILES string of the molecule is O=C(NC[C@@H]1CN(Cc2ccccc2)CCO1)[C@@H]1C[C@H]1c1ccco1. The largest absolute Gasteiger partial charge is 0.469 e. The zero-order chi connectivity index (χ0) is 17.1. The van der Waals surface area contributed by atoms with Crippen LogP contribution in [0.4, 0.5) is 0 Å². The number of rotatable bonds is 6. The first-order valence-corrected chi connectivity index (χ1v) is 8.98. The molecule has 2 heterocycles. The van der Waals surface area contributed by atoms with Crippen molar-refractivity contribution < 1.29 is 13.9 Å². The van der Waals surface area contributed by atoms with Crippen LogP contribution in [-0.4, -0.2) is 43.2 Å². The first-order valence-electron chi connectivity index (χ1n) is 8.98. The predicted octanol–water partition coefficient (Wildman–Crippen LogP) is 2.40. The molecule has 1 aromatic heterocycles. The number of hydrogen-bond acceptors (Lipinski definition) is 4. The molecule has 5 nitrogen and oxygen atoms in total. The molecule has 0 bridgehead atoms. The standard InChI is InChI=1S/C20H24N2O3/c23-20(18-11-17(18)19-7-4-9-25-19)21-12-16-14-22(8-10-24-16)13-15-5-2-1-3-6-15/h1-7,9,16-18H,8,10-14H2,(H,21,23)/t16-,17-,18-/m1/s1. The molecule has 0 unspecified atom stereocenters. The van der Waals surface area contributed by atoms with Gasteiger partial charge in [-0.25, -0.2) is 0 Å². The van der Waals surface area contributed by atoms with Crippen molar-refractivity contribution in [2.24, 2.45) is 5.92 Å². The summed E-state index contributed by atoms with van der Waals surface area (Å²) in [6, 6.07) is 14.3. The molecule has 2 aliphatic rings. The van der Waals surface area contributed by atoms with Crippen LogP contribution in [0, 0.1) is 5.92 Å². The van der Waals surface area contributed by atoms with Gasteiger partial charge in [-0.3, -0.25) is 9.69 Å².